The zero-order valence-electron chi connectivity index (χ0n) is 8.64. The molecule has 1 fully saturated rings. The molecule has 1 aliphatic rings. The third kappa shape index (κ3) is 2.82. The third-order valence-corrected chi connectivity index (χ3v) is 3.26. The van der Waals surface area contributed by atoms with E-state index >= 15 is 0 Å². The van der Waals surface area contributed by atoms with E-state index < -0.39 is 44.1 Å². The van der Waals surface area contributed by atoms with Crippen molar-refractivity contribution in [1.29, 1.82) is 0 Å². The van der Waals surface area contributed by atoms with Crippen molar-refractivity contribution >= 4 is 7.82 Å². The van der Waals surface area contributed by atoms with E-state index in [1.54, 1.807) is 0 Å². The molecule has 17 heavy (non-hydrogen) atoms. The fourth-order valence-electron chi connectivity index (χ4n) is 1.67. The molecule has 1 rings (SSSR count). The Bertz CT molecular complexity index is 332. The van der Waals surface area contributed by atoms with Crippen molar-refractivity contribution in [2.24, 2.45) is 5.92 Å². The summed E-state index contributed by atoms with van der Waals surface area (Å²) in [5.74, 6) is -5.71. The Balaban J connectivity index is 3.04. The molecule has 0 unspecified atom stereocenters. The molecule has 0 bridgehead atoms. The maximum absolute atomic E-state index is 13.6. The largest absolute Gasteiger partial charge is 0.470 e. The first kappa shape index (κ1) is 14.9. The van der Waals surface area contributed by atoms with Crippen LogP contribution in [0.4, 0.5) is 8.78 Å². The second-order valence-corrected chi connectivity index (χ2v) is 5.14. The fourth-order valence-corrected chi connectivity index (χ4v) is 2.23. The third-order valence-electron chi connectivity index (χ3n) is 2.76. The SMILES string of the molecule is C[C@@H]1[C@@H](O)[C@@H](O)[C@@H](O)[C@@H](OP(=O)(O)O)C1(F)F. The van der Waals surface area contributed by atoms with Gasteiger partial charge in [0.25, 0.3) is 5.92 Å². The number of alkyl halides is 2. The van der Waals surface area contributed by atoms with Crippen LogP contribution in [-0.4, -0.2) is 55.4 Å². The summed E-state index contributed by atoms with van der Waals surface area (Å²) in [5.41, 5.74) is 0. The number of phosphoric acid groups is 1. The van der Waals surface area contributed by atoms with Crippen molar-refractivity contribution in [2.75, 3.05) is 0 Å². The van der Waals surface area contributed by atoms with Gasteiger partial charge in [0.15, 0.2) is 6.10 Å². The van der Waals surface area contributed by atoms with Crippen LogP contribution in [0.5, 0.6) is 0 Å². The molecule has 7 nitrogen and oxygen atoms in total. The molecule has 0 radical (unpaired) electrons. The molecule has 5 N–H and O–H groups in total. The van der Waals surface area contributed by atoms with Crippen molar-refractivity contribution in [3.05, 3.63) is 0 Å². The Morgan fingerprint density at radius 2 is 1.59 bits per heavy atom. The van der Waals surface area contributed by atoms with E-state index in [0.717, 1.165) is 6.92 Å². The van der Waals surface area contributed by atoms with Gasteiger partial charge in [0.2, 0.25) is 0 Å². The molecule has 0 aromatic carbocycles. The minimum absolute atomic E-state index is 0.871. The lowest BCUT2D eigenvalue weighted by molar-refractivity contribution is -0.259. The van der Waals surface area contributed by atoms with Crippen molar-refractivity contribution in [3.8, 4) is 0 Å². The van der Waals surface area contributed by atoms with E-state index in [-0.39, 0.29) is 0 Å². The van der Waals surface area contributed by atoms with E-state index in [1.807, 2.05) is 0 Å². The number of aliphatic hydroxyl groups is 3. The van der Waals surface area contributed by atoms with Gasteiger partial charge in [-0.3, -0.25) is 4.52 Å². The highest BCUT2D eigenvalue weighted by Gasteiger charge is 2.61. The summed E-state index contributed by atoms with van der Waals surface area (Å²) in [6.07, 6.45) is -8.78. The predicted octanol–water partition coefficient (Wildman–Crippen LogP) is -1.17. The van der Waals surface area contributed by atoms with E-state index in [4.69, 9.17) is 9.79 Å². The smallest absolute Gasteiger partial charge is 0.390 e. The van der Waals surface area contributed by atoms with Crippen LogP contribution in [0.2, 0.25) is 0 Å². The first-order valence-electron chi connectivity index (χ1n) is 4.64. The highest BCUT2D eigenvalue weighted by Crippen LogP contribution is 2.48. The maximum Gasteiger partial charge on any atom is 0.470 e. The Morgan fingerprint density at radius 1 is 1.12 bits per heavy atom. The van der Waals surface area contributed by atoms with E-state index in [1.165, 1.54) is 0 Å². The lowest BCUT2D eigenvalue weighted by Crippen LogP contribution is -2.64. The zero-order chi connectivity index (χ0) is 13.6. The molecule has 0 aromatic rings. The van der Waals surface area contributed by atoms with Crippen LogP contribution in [-0.2, 0) is 9.09 Å². The minimum Gasteiger partial charge on any atom is -0.390 e. The standard InChI is InChI=1S/C7H13F2O7P/c1-2-3(10)4(11)5(12)6(7(2,8)9)16-17(13,14)15/h2-6,10-12H,1H3,(H2,13,14,15)/t2-,3-,4-,5-,6-/m1/s1. The molecule has 10 heteroatoms. The average Bonchev–Trinajstić information content (AvgIpc) is 2.18. The maximum atomic E-state index is 13.6. The summed E-state index contributed by atoms with van der Waals surface area (Å²) in [6, 6.07) is 0. The molecule has 0 spiro atoms. The van der Waals surface area contributed by atoms with Crippen LogP contribution in [0.15, 0.2) is 0 Å². The van der Waals surface area contributed by atoms with E-state index in [2.05, 4.69) is 4.52 Å². The number of hydrogen-bond acceptors (Lipinski definition) is 5. The van der Waals surface area contributed by atoms with Gasteiger partial charge in [-0.15, -0.1) is 0 Å². The molecular weight excluding hydrogens is 265 g/mol. The fraction of sp³-hybridized carbons (Fsp3) is 1.00. The second-order valence-electron chi connectivity index (χ2n) is 3.95. The average molecular weight is 278 g/mol. The molecule has 0 aliphatic heterocycles. The monoisotopic (exact) mass is 278 g/mol. The highest BCUT2D eigenvalue weighted by molar-refractivity contribution is 7.46. The molecule has 5 atom stereocenters. The van der Waals surface area contributed by atoms with Gasteiger partial charge in [-0.05, 0) is 0 Å². The van der Waals surface area contributed by atoms with Crippen LogP contribution in [0, 0.1) is 5.92 Å². The molecule has 1 aliphatic carbocycles. The van der Waals surface area contributed by atoms with Crippen LogP contribution in [0.1, 0.15) is 6.92 Å². The Hall–Kier alpha value is -0.150. The lowest BCUT2D eigenvalue weighted by atomic mass is 9.79. The van der Waals surface area contributed by atoms with Crippen molar-refractivity contribution in [3.63, 3.8) is 0 Å². The summed E-state index contributed by atoms with van der Waals surface area (Å²) >= 11 is 0. The molecule has 0 saturated heterocycles. The van der Waals surface area contributed by atoms with Crippen molar-refractivity contribution < 1.29 is 43.0 Å². The predicted molar refractivity (Wildman–Crippen MR) is 49.0 cm³/mol. The summed E-state index contributed by atoms with van der Waals surface area (Å²) < 4.78 is 41.4. The van der Waals surface area contributed by atoms with Crippen LogP contribution in [0.25, 0.3) is 0 Å². The summed E-state index contributed by atoms with van der Waals surface area (Å²) in [4.78, 5) is 16.9. The van der Waals surface area contributed by atoms with Gasteiger partial charge in [-0.2, -0.15) is 0 Å². The minimum atomic E-state index is -5.26. The molecule has 1 saturated carbocycles. The first-order valence-corrected chi connectivity index (χ1v) is 6.17. The summed E-state index contributed by atoms with van der Waals surface area (Å²) in [5, 5.41) is 27.7. The van der Waals surface area contributed by atoms with Gasteiger partial charge in [0, 0.05) is 0 Å². The zero-order valence-corrected chi connectivity index (χ0v) is 9.54. The molecule has 0 heterocycles. The summed E-state index contributed by atoms with van der Waals surface area (Å²) in [6.45, 7) is 0.871. The van der Waals surface area contributed by atoms with Gasteiger partial charge in [0.05, 0.1) is 12.0 Å². The van der Waals surface area contributed by atoms with Crippen LogP contribution in [0.3, 0.4) is 0 Å². The lowest BCUT2D eigenvalue weighted by Gasteiger charge is -2.44. The second kappa shape index (κ2) is 4.51. The summed E-state index contributed by atoms with van der Waals surface area (Å²) in [7, 11) is -5.26. The highest BCUT2D eigenvalue weighted by atomic mass is 31.2. The Labute approximate surface area is 94.9 Å². The van der Waals surface area contributed by atoms with Gasteiger partial charge < -0.3 is 25.1 Å². The quantitative estimate of drug-likeness (QED) is 0.403. The number of phosphoric ester groups is 1. The topological polar surface area (TPSA) is 127 Å². The van der Waals surface area contributed by atoms with Crippen molar-refractivity contribution in [1.82, 2.24) is 0 Å². The van der Waals surface area contributed by atoms with Gasteiger partial charge >= 0.3 is 7.82 Å². The molecule has 0 aromatic heterocycles. The molecule has 0 amide bonds. The van der Waals surface area contributed by atoms with Gasteiger partial charge in [-0.25, -0.2) is 13.3 Å². The number of hydrogen-bond donors (Lipinski definition) is 5. The normalized spacial score (nSPS) is 42.5. The number of rotatable bonds is 2. The Kier molecular flexibility index (Phi) is 3.95. The number of aliphatic hydroxyl groups excluding tert-OH is 3. The van der Waals surface area contributed by atoms with Gasteiger partial charge in [0.1, 0.15) is 12.2 Å². The first-order chi connectivity index (χ1) is 7.48. The van der Waals surface area contributed by atoms with E-state index in [9.17, 15) is 28.7 Å². The molecule has 102 valence electrons. The van der Waals surface area contributed by atoms with Gasteiger partial charge in [-0.1, -0.05) is 6.92 Å². The van der Waals surface area contributed by atoms with Crippen molar-refractivity contribution in [2.45, 2.75) is 37.3 Å². The number of halogens is 2. The molecular formula is C7H13F2O7P. The van der Waals surface area contributed by atoms with E-state index in [0.29, 0.717) is 0 Å². The van der Waals surface area contributed by atoms with Crippen LogP contribution < -0.4 is 0 Å². The van der Waals surface area contributed by atoms with Crippen LogP contribution >= 0.6 is 7.82 Å². The Morgan fingerprint density at radius 3 is 2.00 bits per heavy atom.